The second-order valence-electron chi connectivity index (χ2n) is 4.02. The Morgan fingerprint density at radius 3 is 2.83 bits per heavy atom. The molecule has 4 rings (SSSR count). The summed E-state index contributed by atoms with van der Waals surface area (Å²) in [5.41, 5.74) is 3.70. The molecule has 0 aliphatic heterocycles. The van der Waals surface area contributed by atoms with E-state index in [1.807, 2.05) is 34.9 Å². The van der Waals surface area contributed by atoms with Gasteiger partial charge in [0.05, 0.1) is 11.0 Å². The zero-order valence-electron chi connectivity index (χ0n) is 9.21. The fourth-order valence-corrected chi connectivity index (χ4v) is 2.59. The van der Waals surface area contributed by atoms with Crippen LogP contribution in [0, 0.1) is 0 Å². The second-order valence-corrected chi connectivity index (χ2v) is 4.83. The van der Waals surface area contributed by atoms with E-state index >= 15 is 0 Å². The molecule has 4 heterocycles. The number of aromatic nitrogens is 4. The van der Waals surface area contributed by atoms with Crippen LogP contribution in [-0.4, -0.2) is 19.4 Å². The molecule has 0 N–H and O–H groups in total. The van der Waals surface area contributed by atoms with E-state index < -0.39 is 0 Å². The standard InChI is InChI=1S/C13H7BrN4/c14-10-4-3-8-11(17-10)9-2-1-7-18(9)13-12(8)15-5-6-16-13/h1-7H. The number of rotatable bonds is 0. The molecular weight excluding hydrogens is 292 g/mol. The fraction of sp³-hybridized carbons (Fsp3) is 0. The molecule has 0 aliphatic rings. The summed E-state index contributed by atoms with van der Waals surface area (Å²) in [4.78, 5) is 13.4. The Bertz CT molecular complexity index is 897. The molecule has 0 saturated heterocycles. The quantitative estimate of drug-likeness (QED) is 0.370. The zero-order chi connectivity index (χ0) is 12.1. The highest BCUT2D eigenvalue weighted by molar-refractivity contribution is 9.10. The van der Waals surface area contributed by atoms with Crippen molar-refractivity contribution in [3.63, 3.8) is 0 Å². The van der Waals surface area contributed by atoms with Gasteiger partial charge in [-0.2, -0.15) is 0 Å². The molecular formula is C13H7BrN4. The van der Waals surface area contributed by atoms with Gasteiger partial charge in [0.15, 0.2) is 5.65 Å². The smallest absolute Gasteiger partial charge is 0.163 e. The van der Waals surface area contributed by atoms with Gasteiger partial charge in [0.2, 0.25) is 0 Å². The van der Waals surface area contributed by atoms with Gasteiger partial charge >= 0.3 is 0 Å². The van der Waals surface area contributed by atoms with Gasteiger partial charge in [-0.3, -0.25) is 9.38 Å². The molecule has 0 fully saturated rings. The van der Waals surface area contributed by atoms with Gasteiger partial charge in [0.25, 0.3) is 0 Å². The van der Waals surface area contributed by atoms with Gasteiger partial charge < -0.3 is 0 Å². The molecule has 0 aromatic carbocycles. The molecule has 0 unspecified atom stereocenters. The molecule has 0 spiro atoms. The monoisotopic (exact) mass is 298 g/mol. The maximum Gasteiger partial charge on any atom is 0.163 e. The average Bonchev–Trinajstić information content (AvgIpc) is 2.88. The Morgan fingerprint density at radius 1 is 1.00 bits per heavy atom. The first-order chi connectivity index (χ1) is 8.84. The minimum absolute atomic E-state index is 0.821. The van der Waals surface area contributed by atoms with Crippen LogP contribution < -0.4 is 0 Å². The Morgan fingerprint density at radius 2 is 1.89 bits per heavy atom. The van der Waals surface area contributed by atoms with Crippen LogP contribution >= 0.6 is 15.9 Å². The van der Waals surface area contributed by atoms with Crippen molar-refractivity contribution in [2.75, 3.05) is 0 Å². The highest BCUT2D eigenvalue weighted by Gasteiger charge is 2.10. The lowest BCUT2D eigenvalue weighted by Crippen LogP contribution is -1.95. The fourth-order valence-electron chi connectivity index (χ4n) is 2.28. The zero-order valence-corrected chi connectivity index (χ0v) is 10.8. The lowest BCUT2D eigenvalue weighted by molar-refractivity contribution is 1.17. The maximum atomic E-state index is 4.55. The van der Waals surface area contributed by atoms with E-state index in [1.165, 1.54) is 0 Å². The third-order valence-corrected chi connectivity index (χ3v) is 3.46. The first kappa shape index (κ1) is 9.96. The van der Waals surface area contributed by atoms with Crippen LogP contribution in [0.1, 0.15) is 0 Å². The molecule has 0 aliphatic carbocycles. The van der Waals surface area contributed by atoms with Crippen LogP contribution in [-0.2, 0) is 0 Å². The molecule has 0 amide bonds. The Hall–Kier alpha value is -2.01. The number of fused-ring (bicyclic) bond motifs is 6. The van der Waals surface area contributed by atoms with Crippen molar-refractivity contribution >= 4 is 43.5 Å². The van der Waals surface area contributed by atoms with Gasteiger partial charge in [-0.25, -0.2) is 9.97 Å². The van der Waals surface area contributed by atoms with Crippen LogP contribution in [0.3, 0.4) is 0 Å². The molecule has 0 radical (unpaired) electrons. The van der Waals surface area contributed by atoms with Gasteiger partial charge in [0, 0.05) is 24.0 Å². The van der Waals surface area contributed by atoms with E-state index in [1.54, 1.807) is 12.4 Å². The first-order valence-electron chi connectivity index (χ1n) is 5.50. The first-order valence-corrected chi connectivity index (χ1v) is 6.30. The Labute approximate surface area is 110 Å². The van der Waals surface area contributed by atoms with Crippen molar-refractivity contribution in [3.05, 3.63) is 47.5 Å². The summed E-state index contributed by atoms with van der Waals surface area (Å²) in [5, 5.41) is 1.02. The van der Waals surface area contributed by atoms with Gasteiger partial charge in [-0.1, -0.05) is 0 Å². The molecule has 86 valence electrons. The normalized spacial score (nSPS) is 11.6. The molecule has 4 aromatic rings. The van der Waals surface area contributed by atoms with Crippen LogP contribution in [0.25, 0.3) is 27.6 Å². The highest BCUT2D eigenvalue weighted by Crippen LogP contribution is 2.27. The Balaban J connectivity index is 2.44. The Kier molecular flexibility index (Phi) is 1.93. The summed E-state index contributed by atoms with van der Waals surface area (Å²) in [5.74, 6) is 0. The second kappa shape index (κ2) is 3.49. The summed E-state index contributed by atoms with van der Waals surface area (Å²) in [6.45, 7) is 0. The summed E-state index contributed by atoms with van der Waals surface area (Å²) >= 11 is 3.41. The highest BCUT2D eigenvalue weighted by atomic mass is 79.9. The van der Waals surface area contributed by atoms with Gasteiger partial charge in [0.1, 0.15) is 10.1 Å². The van der Waals surface area contributed by atoms with Crippen LogP contribution in [0.4, 0.5) is 0 Å². The minimum atomic E-state index is 0.821. The number of halogens is 1. The van der Waals surface area contributed by atoms with E-state index in [0.29, 0.717) is 0 Å². The van der Waals surface area contributed by atoms with E-state index in [0.717, 1.165) is 32.2 Å². The lowest BCUT2D eigenvalue weighted by Gasteiger charge is -2.06. The van der Waals surface area contributed by atoms with Crippen molar-refractivity contribution in [2.45, 2.75) is 0 Å². The molecule has 4 aromatic heterocycles. The molecule has 0 bridgehead atoms. The van der Waals surface area contributed by atoms with Crippen molar-refractivity contribution in [2.24, 2.45) is 0 Å². The summed E-state index contributed by atoms with van der Waals surface area (Å²) in [6.07, 6.45) is 5.40. The van der Waals surface area contributed by atoms with E-state index in [2.05, 4.69) is 30.9 Å². The summed E-state index contributed by atoms with van der Waals surface area (Å²) in [6, 6.07) is 7.98. The van der Waals surface area contributed by atoms with E-state index in [9.17, 15) is 0 Å². The van der Waals surface area contributed by atoms with Gasteiger partial charge in [-0.15, -0.1) is 0 Å². The lowest BCUT2D eigenvalue weighted by atomic mass is 10.2. The predicted molar refractivity (Wildman–Crippen MR) is 73.5 cm³/mol. The van der Waals surface area contributed by atoms with Crippen molar-refractivity contribution < 1.29 is 0 Å². The maximum absolute atomic E-state index is 4.55. The van der Waals surface area contributed by atoms with Crippen LogP contribution in [0.2, 0.25) is 0 Å². The minimum Gasteiger partial charge on any atom is -0.298 e. The molecule has 5 heteroatoms. The van der Waals surface area contributed by atoms with Crippen LogP contribution in [0.5, 0.6) is 0 Å². The van der Waals surface area contributed by atoms with Crippen molar-refractivity contribution in [3.8, 4) is 0 Å². The third-order valence-electron chi connectivity index (χ3n) is 3.01. The summed E-state index contributed by atoms with van der Waals surface area (Å²) < 4.78 is 2.84. The van der Waals surface area contributed by atoms with E-state index in [-0.39, 0.29) is 0 Å². The predicted octanol–water partition coefficient (Wildman–Crippen LogP) is 3.19. The third kappa shape index (κ3) is 1.22. The van der Waals surface area contributed by atoms with Gasteiger partial charge in [-0.05, 0) is 40.2 Å². The average molecular weight is 299 g/mol. The number of pyridine rings is 2. The molecule has 18 heavy (non-hydrogen) atoms. The summed E-state index contributed by atoms with van der Waals surface area (Å²) in [7, 11) is 0. The molecule has 4 nitrogen and oxygen atoms in total. The van der Waals surface area contributed by atoms with Crippen LogP contribution in [0.15, 0.2) is 47.5 Å². The largest absolute Gasteiger partial charge is 0.298 e. The SMILES string of the molecule is Brc1ccc2c(n1)c1cccn1c1nccnc21. The number of nitrogens with zero attached hydrogens (tertiary/aromatic N) is 4. The topological polar surface area (TPSA) is 43.1 Å². The molecule has 0 saturated carbocycles. The van der Waals surface area contributed by atoms with E-state index in [4.69, 9.17) is 0 Å². The van der Waals surface area contributed by atoms with Crippen molar-refractivity contribution in [1.82, 2.24) is 19.4 Å². The number of hydrogen-bond donors (Lipinski definition) is 0. The van der Waals surface area contributed by atoms with Crippen molar-refractivity contribution in [1.29, 1.82) is 0 Å². The number of hydrogen-bond acceptors (Lipinski definition) is 3. The molecule has 0 atom stereocenters.